The molecule has 0 aliphatic heterocycles. The summed E-state index contributed by atoms with van der Waals surface area (Å²) in [5, 5.41) is 14.8. The van der Waals surface area contributed by atoms with Crippen molar-refractivity contribution in [2.75, 3.05) is 31.9 Å². The third kappa shape index (κ3) is 11.3. The molecule has 5 aromatic carbocycles. The SMILES string of the molecule is Cc1ccc(NC(=O)NS(=O)(=O)c2ccccc2NC(=O)Nc2cccc(Br)c2)cc1NC(=O)NS(=O)(=O)c1ccccc1NC(=O)Nc1cccc(Br)c1. The van der Waals surface area contributed by atoms with Crippen LogP contribution >= 0.6 is 31.9 Å². The number of hydrogen-bond donors (Lipinski definition) is 8. The summed E-state index contributed by atoms with van der Waals surface area (Å²) in [5.41, 5.74) is 1.21. The first kappa shape index (κ1) is 40.2. The summed E-state index contributed by atoms with van der Waals surface area (Å²) in [6, 6.07) is 24.7. The molecule has 0 saturated heterocycles. The minimum atomic E-state index is -4.54. The number of carbonyl (C=O) groups excluding carboxylic acids is 4. The Hall–Kier alpha value is -5.96. The molecule has 0 aromatic heterocycles. The molecule has 5 aromatic rings. The average Bonchev–Trinajstić information content (AvgIpc) is 3.09. The van der Waals surface area contributed by atoms with Crippen LogP contribution in [0.3, 0.4) is 0 Å². The van der Waals surface area contributed by atoms with Crippen LogP contribution in [0.4, 0.5) is 53.3 Å². The van der Waals surface area contributed by atoms with Crippen molar-refractivity contribution in [3.8, 4) is 0 Å². The quantitative estimate of drug-likeness (QED) is 0.0686. The van der Waals surface area contributed by atoms with E-state index in [-0.39, 0.29) is 22.7 Å². The Morgan fingerprint density at radius 2 is 0.836 bits per heavy atom. The lowest BCUT2D eigenvalue weighted by Gasteiger charge is -2.15. The number of sulfonamides is 2. The molecule has 284 valence electrons. The minimum absolute atomic E-state index is 0.0299. The molecule has 8 amide bonds. The molecular weight excluding hydrogens is 884 g/mol. The van der Waals surface area contributed by atoms with Crippen LogP contribution in [0.5, 0.6) is 0 Å². The first-order valence-corrected chi connectivity index (χ1v) is 20.3. The molecule has 20 heteroatoms. The van der Waals surface area contributed by atoms with Gasteiger partial charge in [-0.05, 0) is 85.3 Å². The molecule has 0 fully saturated rings. The van der Waals surface area contributed by atoms with Gasteiger partial charge in [-0.2, -0.15) is 0 Å². The highest BCUT2D eigenvalue weighted by molar-refractivity contribution is 9.10. The van der Waals surface area contributed by atoms with Crippen molar-refractivity contribution in [3.05, 3.63) is 130 Å². The summed E-state index contributed by atoms with van der Waals surface area (Å²) in [6.07, 6.45) is 0. The maximum atomic E-state index is 13.3. The van der Waals surface area contributed by atoms with Crippen LogP contribution in [0, 0.1) is 6.92 Å². The Balaban J connectivity index is 1.21. The zero-order chi connectivity index (χ0) is 39.8. The Morgan fingerprint density at radius 1 is 0.436 bits per heavy atom. The second-order valence-corrected chi connectivity index (χ2v) is 16.5. The van der Waals surface area contributed by atoms with E-state index < -0.39 is 54.0 Å². The summed E-state index contributed by atoms with van der Waals surface area (Å²) >= 11 is 6.61. The molecule has 0 heterocycles. The number of rotatable bonds is 10. The number of nitrogens with one attached hydrogen (secondary N) is 8. The monoisotopic (exact) mass is 912 g/mol. The zero-order valence-corrected chi connectivity index (χ0v) is 33.1. The molecule has 0 bridgehead atoms. The van der Waals surface area contributed by atoms with E-state index in [1.807, 2.05) is 9.44 Å². The topological polar surface area (TPSA) is 233 Å². The Labute approximate surface area is 332 Å². The lowest BCUT2D eigenvalue weighted by molar-refractivity contribution is 0.255. The van der Waals surface area contributed by atoms with Gasteiger partial charge in [0.2, 0.25) is 0 Å². The van der Waals surface area contributed by atoms with E-state index in [2.05, 4.69) is 63.8 Å². The smallest absolute Gasteiger partial charge is 0.308 e. The van der Waals surface area contributed by atoms with Crippen LogP contribution in [-0.2, 0) is 20.0 Å². The normalized spacial score (nSPS) is 11.0. The van der Waals surface area contributed by atoms with E-state index in [0.717, 1.165) is 0 Å². The second-order valence-electron chi connectivity index (χ2n) is 11.3. The van der Waals surface area contributed by atoms with Crippen LogP contribution in [0.1, 0.15) is 5.56 Å². The molecule has 0 radical (unpaired) electrons. The molecule has 55 heavy (non-hydrogen) atoms. The number of urea groups is 4. The highest BCUT2D eigenvalue weighted by Gasteiger charge is 2.24. The summed E-state index contributed by atoms with van der Waals surface area (Å²) in [4.78, 5) is 50.3. The third-order valence-electron chi connectivity index (χ3n) is 7.21. The van der Waals surface area contributed by atoms with Gasteiger partial charge in [0.15, 0.2) is 0 Å². The van der Waals surface area contributed by atoms with Crippen molar-refractivity contribution in [2.45, 2.75) is 16.7 Å². The van der Waals surface area contributed by atoms with Gasteiger partial charge in [0.1, 0.15) is 9.79 Å². The van der Waals surface area contributed by atoms with E-state index in [1.54, 1.807) is 55.5 Å². The van der Waals surface area contributed by atoms with Crippen LogP contribution < -0.4 is 41.3 Å². The van der Waals surface area contributed by atoms with Gasteiger partial charge < -0.3 is 31.9 Å². The molecular formula is C35H30Br2N8O8S2. The van der Waals surface area contributed by atoms with Crippen LogP contribution in [0.15, 0.2) is 134 Å². The number of benzene rings is 5. The predicted octanol–water partition coefficient (Wildman–Crippen LogP) is 7.83. The van der Waals surface area contributed by atoms with Gasteiger partial charge in [-0.15, -0.1) is 0 Å². The minimum Gasteiger partial charge on any atom is -0.308 e. The van der Waals surface area contributed by atoms with Crippen molar-refractivity contribution in [1.82, 2.24) is 9.44 Å². The predicted molar refractivity (Wildman–Crippen MR) is 216 cm³/mol. The molecule has 0 aliphatic carbocycles. The van der Waals surface area contributed by atoms with Gasteiger partial charge in [-0.25, -0.2) is 45.5 Å². The highest BCUT2D eigenvalue weighted by Crippen LogP contribution is 2.25. The van der Waals surface area contributed by atoms with Gasteiger partial charge in [0.25, 0.3) is 20.0 Å². The molecule has 16 nitrogen and oxygen atoms in total. The number of hydrogen-bond acceptors (Lipinski definition) is 8. The summed E-state index contributed by atoms with van der Waals surface area (Å²) < 4.78 is 58.2. The lowest BCUT2D eigenvalue weighted by Crippen LogP contribution is -2.35. The zero-order valence-electron chi connectivity index (χ0n) is 28.3. The maximum Gasteiger partial charge on any atom is 0.333 e. The first-order valence-electron chi connectivity index (χ1n) is 15.7. The lowest BCUT2D eigenvalue weighted by atomic mass is 10.2. The Morgan fingerprint density at radius 3 is 1.31 bits per heavy atom. The van der Waals surface area contributed by atoms with E-state index in [4.69, 9.17) is 0 Å². The molecule has 8 N–H and O–H groups in total. The Bertz CT molecular complexity index is 2520. The fraction of sp³-hybridized carbons (Fsp3) is 0.0286. The molecule has 0 spiro atoms. The van der Waals surface area contributed by atoms with Crippen LogP contribution in [-0.4, -0.2) is 41.0 Å². The van der Waals surface area contributed by atoms with Crippen molar-refractivity contribution in [2.24, 2.45) is 0 Å². The van der Waals surface area contributed by atoms with Crippen molar-refractivity contribution < 1.29 is 36.0 Å². The summed E-state index contributed by atoms with van der Waals surface area (Å²) in [5.74, 6) is 0. The fourth-order valence-electron chi connectivity index (χ4n) is 4.80. The third-order valence-corrected chi connectivity index (χ3v) is 11.0. The fourth-order valence-corrected chi connectivity index (χ4v) is 7.74. The van der Waals surface area contributed by atoms with Crippen molar-refractivity contribution in [3.63, 3.8) is 0 Å². The molecule has 0 aliphatic rings. The van der Waals surface area contributed by atoms with Crippen LogP contribution in [0.2, 0.25) is 0 Å². The number of para-hydroxylation sites is 2. The van der Waals surface area contributed by atoms with Gasteiger partial charge in [0, 0.05) is 31.7 Å². The van der Waals surface area contributed by atoms with Crippen molar-refractivity contribution >= 4 is 110 Å². The molecule has 0 atom stereocenters. The molecule has 0 saturated carbocycles. The van der Waals surface area contributed by atoms with E-state index in [0.29, 0.717) is 25.9 Å². The molecule has 0 unspecified atom stereocenters. The highest BCUT2D eigenvalue weighted by atomic mass is 79.9. The largest absolute Gasteiger partial charge is 0.333 e. The van der Waals surface area contributed by atoms with Crippen molar-refractivity contribution in [1.29, 1.82) is 0 Å². The number of halogens is 2. The van der Waals surface area contributed by atoms with Gasteiger partial charge >= 0.3 is 24.1 Å². The van der Waals surface area contributed by atoms with E-state index in [9.17, 15) is 36.0 Å². The van der Waals surface area contributed by atoms with E-state index >= 15 is 0 Å². The van der Waals surface area contributed by atoms with E-state index in [1.165, 1.54) is 66.7 Å². The number of amides is 8. The van der Waals surface area contributed by atoms with Gasteiger partial charge in [0.05, 0.1) is 11.4 Å². The number of carbonyl (C=O) groups is 4. The second kappa shape index (κ2) is 17.5. The maximum absolute atomic E-state index is 13.3. The Kier molecular flexibility index (Phi) is 12.8. The van der Waals surface area contributed by atoms with Crippen LogP contribution in [0.25, 0.3) is 0 Å². The first-order chi connectivity index (χ1) is 26.1. The average molecular weight is 915 g/mol. The molecule has 5 rings (SSSR count). The summed E-state index contributed by atoms with van der Waals surface area (Å²) in [7, 11) is -9.08. The standard InChI is InChI=1S/C35H30Br2N8O8S2/c1-21-16-17-26(40-34(48)44-54(50,51)30-14-4-2-12-27(30)41-32(46)38-24-10-6-8-22(36)18-24)20-29(21)43-35(49)45-55(52,53)31-15-5-3-13-28(31)42-33(47)39-25-11-7-9-23(37)19-25/h2-20H,1H3,(H2,38,41,46)(H2,39,42,47)(H2,40,44,48)(H2,43,45,49). The number of aryl methyl sites for hydroxylation is 1. The van der Waals surface area contributed by atoms with Gasteiger partial charge in [-0.1, -0.05) is 74.3 Å². The van der Waals surface area contributed by atoms with Gasteiger partial charge in [-0.3, -0.25) is 0 Å². The summed E-state index contributed by atoms with van der Waals surface area (Å²) in [6.45, 7) is 1.60. The number of anilines is 6.